The number of halogens is 3. The molecule has 1 saturated carbocycles. The lowest BCUT2D eigenvalue weighted by Crippen LogP contribution is -2.39. The largest absolute Gasteiger partial charge is 0.391 e. The Morgan fingerprint density at radius 2 is 1.50 bits per heavy atom. The van der Waals surface area contributed by atoms with Crippen molar-refractivity contribution in [2.45, 2.75) is 39.8 Å². The number of likely N-dealkylation sites (tertiary alicyclic amines) is 1. The molecule has 0 bridgehead atoms. The van der Waals surface area contributed by atoms with E-state index in [2.05, 4.69) is 0 Å². The number of carbonyl (C=O) groups is 1. The quantitative estimate of drug-likeness (QED) is 0.657. The summed E-state index contributed by atoms with van der Waals surface area (Å²) < 4.78 is 37.9. The molecule has 1 amide bonds. The van der Waals surface area contributed by atoms with E-state index < -0.39 is 17.5 Å². The summed E-state index contributed by atoms with van der Waals surface area (Å²) in [6, 6.07) is 0. The van der Waals surface area contributed by atoms with E-state index in [1.165, 1.54) is 0 Å². The fourth-order valence-corrected chi connectivity index (χ4v) is 3.21. The van der Waals surface area contributed by atoms with E-state index in [1.54, 1.807) is 4.90 Å². The maximum Gasteiger partial charge on any atom is 0.391 e. The highest BCUT2D eigenvalue weighted by Crippen LogP contribution is 2.48. The van der Waals surface area contributed by atoms with Crippen LogP contribution in [0.1, 0.15) is 33.6 Å². The van der Waals surface area contributed by atoms with Crippen LogP contribution in [0, 0.1) is 23.2 Å². The molecule has 0 spiro atoms. The highest BCUT2D eigenvalue weighted by Gasteiger charge is 2.51. The van der Waals surface area contributed by atoms with Gasteiger partial charge in [-0.05, 0) is 24.7 Å². The van der Waals surface area contributed by atoms with E-state index in [0.29, 0.717) is 13.1 Å². The van der Waals surface area contributed by atoms with Gasteiger partial charge in [-0.25, -0.2) is 0 Å². The summed E-state index contributed by atoms with van der Waals surface area (Å²) in [5.74, 6) is -1.01. The first kappa shape index (κ1) is 13.7. The molecule has 0 aromatic carbocycles. The number of hydrogen-bond acceptors (Lipinski definition) is 1. The predicted octanol–water partition coefficient (Wildman–Crippen LogP) is 3.08. The number of amides is 1. The van der Waals surface area contributed by atoms with Crippen LogP contribution in [0.3, 0.4) is 0 Å². The fourth-order valence-electron chi connectivity index (χ4n) is 3.21. The molecule has 2 atom stereocenters. The van der Waals surface area contributed by atoms with Crippen LogP contribution < -0.4 is 0 Å². The first-order valence-electron chi connectivity index (χ1n) is 6.45. The topological polar surface area (TPSA) is 20.3 Å². The van der Waals surface area contributed by atoms with Crippen molar-refractivity contribution in [3.63, 3.8) is 0 Å². The number of fused-ring (bicyclic) bond motifs is 1. The molecule has 0 aromatic heterocycles. The Hall–Kier alpha value is -0.740. The van der Waals surface area contributed by atoms with Gasteiger partial charge in [0.1, 0.15) is 0 Å². The Balaban J connectivity index is 1.97. The maximum absolute atomic E-state index is 12.6. The zero-order valence-electron chi connectivity index (χ0n) is 11.0. The monoisotopic (exact) mass is 263 g/mol. The molecule has 2 aliphatic rings. The summed E-state index contributed by atoms with van der Waals surface area (Å²) in [6.07, 6.45) is -3.67. The maximum atomic E-state index is 12.6. The molecule has 2 unspecified atom stereocenters. The predicted molar refractivity (Wildman–Crippen MR) is 61.8 cm³/mol. The van der Waals surface area contributed by atoms with Crippen molar-refractivity contribution in [1.82, 2.24) is 4.90 Å². The second kappa shape index (κ2) is 4.14. The minimum absolute atomic E-state index is 0.0444. The molecular formula is C13H20F3NO. The van der Waals surface area contributed by atoms with E-state index in [0.717, 1.165) is 0 Å². The van der Waals surface area contributed by atoms with Gasteiger partial charge in [0.15, 0.2) is 0 Å². The second-order valence-corrected chi connectivity index (χ2v) is 6.69. The van der Waals surface area contributed by atoms with Gasteiger partial charge in [-0.1, -0.05) is 20.8 Å². The Morgan fingerprint density at radius 1 is 1.06 bits per heavy atom. The van der Waals surface area contributed by atoms with Gasteiger partial charge in [-0.15, -0.1) is 0 Å². The van der Waals surface area contributed by atoms with Crippen LogP contribution in [0.5, 0.6) is 0 Å². The van der Waals surface area contributed by atoms with Crippen molar-refractivity contribution < 1.29 is 18.0 Å². The van der Waals surface area contributed by atoms with Gasteiger partial charge in [-0.2, -0.15) is 13.2 Å². The Morgan fingerprint density at radius 3 is 1.83 bits per heavy atom. The third-order valence-electron chi connectivity index (χ3n) is 4.14. The van der Waals surface area contributed by atoms with Gasteiger partial charge in [-0.3, -0.25) is 4.79 Å². The third-order valence-corrected chi connectivity index (χ3v) is 4.14. The van der Waals surface area contributed by atoms with Crippen LogP contribution in [0.15, 0.2) is 0 Å². The molecule has 5 heteroatoms. The molecule has 1 saturated heterocycles. The molecule has 2 rings (SSSR count). The normalized spacial score (nSPS) is 32.8. The average Bonchev–Trinajstić information content (AvgIpc) is 2.69. The van der Waals surface area contributed by atoms with E-state index in [9.17, 15) is 18.0 Å². The van der Waals surface area contributed by atoms with Crippen LogP contribution >= 0.6 is 0 Å². The minimum atomic E-state index is -4.07. The Kier molecular flexibility index (Phi) is 3.14. The highest BCUT2D eigenvalue weighted by atomic mass is 19.4. The van der Waals surface area contributed by atoms with Crippen molar-refractivity contribution in [3.05, 3.63) is 0 Å². The van der Waals surface area contributed by atoms with Gasteiger partial charge in [0.05, 0.1) is 5.92 Å². The van der Waals surface area contributed by atoms with Crippen LogP contribution in [0.4, 0.5) is 13.2 Å². The van der Waals surface area contributed by atoms with E-state index in [-0.39, 0.29) is 30.6 Å². The Labute approximate surface area is 106 Å². The van der Waals surface area contributed by atoms with Crippen molar-refractivity contribution in [2.75, 3.05) is 13.1 Å². The van der Waals surface area contributed by atoms with Gasteiger partial charge >= 0.3 is 6.18 Å². The summed E-state index contributed by atoms with van der Waals surface area (Å²) in [7, 11) is 0. The lowest BCUT2D eigenvalue weighted by molar-refractivity contribution is -0.174. The standard InChI is InChI=1S/C13H20F3NO/c1-12(2,3)11(18)17-6-8-4-10(13(14,15)16)5-9(8)7-17/h8-10H,4-7H2,1-3H3. The minimum Gasteiger partial charge on any atom is -0.342 e. The number of alkyl halides is 3. The lowest BCUT2D eigenvalue weighted by Gasteiger charge is -2.27. The molecule has 1 heterocycles. The number of carbonyl (C=O) groups excluding carboxylic acids is 1. The van der Waals surface area contributed by atoms with Crippen molar-refractivity contribution in [3.8, 4) is 0 Å². The molecule has 18 heavy (non-hydrogen) atoms. The van der Waals surface area contributed by atoms with E-state index in [1.807, 2.05) is 20.8 Å². The first-order valence-corrected chi connectivity index (χ1v) is 6.45. The van der Waals surface area contributed by atoms with Crippen molar-refractivity contribution in [2.24, 2.45) is 23.2 Å². The molecule has 0 radical (unpaired) electrons. The van der Waals surface area contributed by atoms with Crippen LogP contribution in [-0.4, -0.2) is 30.1 Å². The SMILES string of the molecule is CC(C)(C)C(=O)N1CC2CC(C(F)(F)F)CC2C1. The Bertz CT molecular complexity index is 331. The lowest BCUT2D eigenvalue weighted by atomic mass is 9.94. The number of rotatable bonds is 0. The summed E-state index contributed by atoms with van der Waals surface area (Å²) in [5, 5.41) is 0. The van der Waals surface area contributed by atoms with Gasteiger partial charge in [0.2, 0.25) is 5.91 Å². The second-order valence-electron chi connectivity index (χ2n) is 6.69. The average molecular weight is 263 g/mol. The molecule has 0 aromatic rings. The van der Waals surface area contributed by atoms with Crippen LogP contribution in [0.2, 0.25) is 0 Å². The molecular weight excluding hydrogens is 243 g/mol. The molecule has 1 aliphatic heterocycles. The molecule has 0 N–H and O–H groups in total. The summed E-state index contributed by atoms with van der Waals surface area (Å²) in [5.41, 5.74) is -0.442. The van der Waals surface area contributed by atoms with Gasteiger partial charge in [0, 0.05) is 18.5 Å². The smallest absolute Gasteiger partial charge is 0.342 e. The summed E-state index contributed by atoms with van der Waals surface area (Å²) >= 11 is 0. The van der Waals surface area contributed by atoms with Gasteiger partial charge < -0.3 is 4.90 Å². The highest BCUT2D eigenvalue weighted by molar-refractivity contribution is 5.81. The fraction of sp³-hybridized carbons (Fsp3) is 0.923. The van der Waals surface area contributed by atoms with Crippen LogP contribution in [0.25, 0.3) is 0 Å². The summed E-state index contributed by atoms with van der Waals surface area (Å²) in [4.78, 5) is 13.8. The van der Waals surface area contributed by atoms with E-state index in [4.69, 9.17) is 0 Å². The van der Waals surface area contributed by atoms with Crippen molar-refractivity contribution in [1.29, 1.82) is 0 Å². The molecule has 2 fully saturated rings. The molecule has 2 nitrogen and oxygen atoms in total. The number of hydrogen-bond donors (Lipinski definition) is 0. The van der Waals surface area contributed by atoms with E-state index >= 15 is 0 Å². The molecule has 1 aliphatic carbocycles. The number of nitrogens with zero attached hydrogens (tertiary/aromatic N) is 1. The third kappa shape index (κ3) is 2.50. The van der Waals surface area contributed by atoms with Gasteiger partial charge in [0.25, 0.3) is 0 Å². The first-order chi connectivity index (χ1) is 8.09. The zero-order valence-corrected chi connectivity index (χ0v) is 11.0. The zero-order chi connectivity index (χ0) is 13.7. The summed E-state index contributed by atoms with van der Waals surface area (Å²) in [6.45, 7) is 6.56. The van der Waals surface area contributed by atoms with Crippen molar-refractivity contribution >= 4 is 5.91 Å². The molecule has 104 valence electrons. The van der Waals surface area contributed by atoms with Crippen LogP contribution in [-0.2, 0) is 4.79 Å².